The molecule has 3 aromatic carbocycles. The monoisotopic (exact) mass is 329 g/mol. The van der Waals surface area contributed by atoms with E-state index in [9.17, 15) is 4.79 Å². The predicted molar refractivity (Wildman–Crippen MR) is 97.5 cm³/mol. The number of hydrogen-bond acceptors (Lipinski definition) is 4. The molecule has 0 radical (unpaired) electrons. The number of aliphatic imine (C=N–C) groups is 1. The Morgan fingerprint density at radius 1 is 0.960 bits per heavy atom. The molecule has 4 nitrogen and oxygen atoms in total. The van der Waals surface area contributed by atoms with Crippen molar-refractivity contribution in [3.05, 3.63) is 83.6 Å². The second-order valence-electron chi connectivity index (χ2n) is 5.60. The van der Waals surface area contributed by atoms with Gasteiger partial charge in [0.05, 0.1) is 7.11 Å². The fourth-order valence-electron chi connectivity index (χ4n) is 2.87. The summed E-state index contributed by atoms with van der Waals surface area (Å²) in [5.74, 6) is 0.536. The zero-order valence-corrected chi connectivity index (χ0v) is 13.6. The smallest absolute Gasteiger partial charge is 0.363 e. The quantitative estimate of drug-likeness (QED) is 0.535. The van der Waals surface area contributed by atoms with Crippen molar-refractivity contribution in [2.24, 2.45) is 4.99 Å². The number of esters is 1. The maximum atomic E-state index is 12.3. The fraction of sp³-hybridized carbons (Fsp3) is 0.0476. The summed E-state index contributed by atoms with van der Waals surface area (Å²) in [6.07, 6.45) is 1.68. The van der Waals surface area contributed by atoms with E-state index in [1.807, 2.05) is 66.7 Å². The van der Waals surface area contributed by atoms with Crippen LogP contribution in [0.4, 0.5) is 0 Å². The standard InChI is InChI=1S/C21H15NO3/c1-24-19-12-5-3-8-15(19)13-18-21(23)25-20(22-18)17-11-6-9-14-7-2-4-10-16(14)17/h2-13H,1H3/b18-13+. The van der Waals surface area contributed by atoms with Gasteiger partial charge in [-0.1, -0.05) is 54.6 Å². The molecule has 1 aliphatic rings. The third kappa shape index (κ3) is 2.78. The van der Waals surface area contributed by atoms with Gasteiger partial charge in [0.2, 0.25) is 5.90 Å². The fourth-order valence-corrected chi connectivity index (χ4v) is 2.87. The Kier molecular flexibility index (Phi) is 3.78. The number of rotatable bonds is 3. The van der Waals surface area contributed by atoms with Gasteiger partial charge in [0.1, 0.15) is 5.75 Å². The highest BCUT2D eigenvalue weighted by Gasteiger charge is 2.25. The maximum absolute atomic E-state index is 12.3. The van der Waals surface area contributed by atoms with E-state index in [1.165, 1.54) is 0 Å². The molecular weight excluding hydrogens is 314 g/mol. The minimum absolute atomic E-state index is 0.257. The van der Waals surface area contributed by atoms with Crippen LogP contribution in [0.15, 0.2) is 77.4 Å². The summed E-state index contributed by atoms with van der Waals surface area (Å²) in [6.45, 7) is 0. The van der Waals surface area contributed by atoms with E-state index >= 15 is 0 Å². The molecule has 0 atom stereocenters. The highest BCUT2D eigenvalue weighted by Crippen LogP contribution is 2.26. The van der Waals surface area contributed by atoms with E-state index < -0.39 is 5.97 Å². The van der Waals surface area contributed by atoms with E-state index in [1.54, 1.807) is 13.2 Å². The van der Waals surface area contributed by atoms with E-state index in [2.05, 4.69) is 4.99 Å². The number of methoxy groups -OCH3 is 1. The number of benzene rings is 3. The molecule has 0 unspecified atom stereocenters. The Labute approximate surface area is 145 Å². The molecule has 0 amide bonds. The second kappa shape index (κ2) is 6.24. The van der Waals surface area contributed by atoms with Crippen LogP contribution in [0.2, 0.25) is 0 Å². The van der Waals surface area contributed by atoms with Crippen molar-refractivity contribution in [1.29, 1.82) is 0 Å². The molecule has 0 spiro atoms. The van der Waals surface area contributed by atoms with Crippen LogP contribution in [0, 0.1) is 0 Å². The molecule has 0 aromatic heterocycles. The summed E-state index contributed by atoms with van der Waals surface area (Å²) < 4.78 is 10.7. The molecule has 122 valence electrons. The van der Waals surface area contributed by atoms with Gasteiger partial charge in [0.15, 0.2) is 5.70 Å². The molecule has 0 saturated heterocycles. The van der Waals surface area contributed by atoms with E-state index in [0.717, 1.165) is 21.9 Å². The van der Waals surface area contributed by atoms with Gasteiger partial charge in [0.25, 0.3) is 0 Å². The van der Waals surface area contributed by atoms with Crippen LogP contribution in [-0.2, 0) is 9.53 Å². The average Bonchev–Trinajstić information content (AvgIpc) is 3.02. The lowest BCUT2D eigenvalue weighted by atomic mass is 10.0. The van der Waals surface area contributed by atoms with Crippen LogP contribution in [0.5, 0.6) is 5.75 Å². The molecule has 4 rings (SSSR count). The summed E-state index contributed by atoms with van der Waals surface area (Å²) in [4.78, 5) is 16.7. The number of carbonyl (C=O) groups is 1. The van der Waals surface area contributed by atoms with Gasteiger partial charge in [-0.15, -0.1) is 0 Å². The Morgan fingerprint density at radius 3 is 2.60 bits per heavy atom. The van der Waals surface area contributed by atoms with Crippen molar-refractivity contribution >= 4 is 28.7 Å². The number of ether oxygens (including phenoxy) is 2. The largest absolute Gasteiger partial charge is 0.496 e. The Bertz CT molecular complexity index is 1030. The minimum Gasteiger partial charge on any atom is -0.496 e. The van der Waals surface area contributed by atoms with Crippen LogP contribution >= 0.6 is 0 Å². The van der Waals surface area contributed by atoms with Crippen molar-refractivity contribution in [2.75, 3.05) is 7.11 Å². The minimum atomic E-state index is -0.464. The summed E-state index contributed by atoms with van der Waals surface area (Å²) in [5, 5.41) is 2.07. The Hall–Kier alpha value is -3.40. The molecule has 4 heteroatoms. The van der Waals surface area contributed by atoms with Crippen LogP contribution in [-0.4, -0.2) is 19.0 Å². The molecule has 1 aliphatic heterocycles. The molecule has 3 aromatic rings. The van der Waals surface area contributed by atoms with Gasteiger partial charge >= 0.3 is 5.97 Å². The zero-order valence-electron chi connectivity index (χ0n) is 13.6. The van der Waals surface area contributed by atoms with Gasteiger partial charge in [-0.05, 0) is 29.0 Å². The van der Waals surface area contributed by atoms with E-state index in [-0.39, 0.29) is 5.70 Å². The van der Waals surface area contributed by atoms with Crippen LogP contribution in [0.25, 0.3) is 16.8 Å². The van der Waals surface area contributed by atoms with Gasteiger partial charge in [-0.3, -0.25) is 0 Å². The number of nitrogens with zero attached hydrogens (tertiary/aromatic N) is 1. The van der Waals surface area contributed by atoms with Crippen molar-refractivity contribution in [1.82, 2.24) is 0 Å². The zero-order chi connectivity index (χ0) is 17.2. The highest BCUT2D eigenvalue weighted by atomic mass is 16.6. The number of para-hydroxylation sites is 1. The SMILES string of the molecule is COc1ccccc1/C=C1/N=C(c2cccc3ccccc23)OC1=O. The van der Waals surface area contributed by atoms with E-state index in [4.69, 9.17) is 9.47 Å². The van der Waals surface area contributed by atoms with Crippen LogP contribution in [0.3, 0.4) is 0 Å². The predicted octanol–water partition coefficient (Wildman–Crippen LogP) is 4.19. The number of hydrogen-bond donors (Lipinski definition) is 0. The lowest BCUT2D eigenvalue weighted by Crippen LogP contribution is -2.05. The van der Waals surface area contributed by atoms with Gasteiger partial charge in [-0.25, -0.2) is 9.79 Å². The van der Waals surface area contributed by atoms with Gasteiger partial charge in [0, 0.05) is 11.1 Å². The molecule has 0 aliphatic carbocycles. The van der Waals surface area contributed by atoms with Crippen molar-refractivity contribution in [3.63, 3.8) is 0 Å². The lowest BCUT2D eigenvalue weighted by Gasteiger charge is -2.04. The maximum Gasteiger partial charge on any atom is 0.363 e. The van der Waals surface area contributed by atoms with Crippen molar-refractivity contribution in [2.45, 2.75) is 0 Å². The third-order valence-electron chi connectivity index (χ3n) is 4.07. The molecule has 0 saturated carbocycles. The first-order chi connectivity index (χ1) is 12.3. The summed E-state index contributed by atoms with van der Waals surface area (Å²) in [7, 11) is 1.59. The molecule has 25 heavy (non-hydrogen) atoms. The number of fused-ring (bicyclic) bond motifs is 1. The third-order valence-corrected chi connectivity index (χ3v) is 4.07. The first kappa shape index (κ1) is 15.1. The molecule has 0 N–H and O–H groups in total. The van der Waals surface area contributed by atoms with Crippen LogP contribution in [0.1, 0.15) is 11.1 Å². The van der Waals surface area contributed by atoms with Crippen molar-refractivity contribution < 1.29 is 14.3 Å². The van der Waals surface area contributed by atoms with E-state index in [0.29, 0.717) is 11.6 Å². The summed E-state index contributed by atoms with van der Waals surface area (Å²) >= 11 is 0. The number of carbonyl (C=O) groups excluding carboxylic acids is 1. The van der Waals surface area contributed by atoms with Gasteiger partial charge in [-0.2, -0.15) is 0 Å². The molecule has 1 heterocycles. The Morgan fingerprint density at radius 2 is 1.72 bits per heavy atom. The topological polar surface area (TPSA) is 47.9 Å². The van der Waals surface area contributed by atoms with Gasteiger partial charge < -0.3 is 9.47 Å². The molecular formula is C21H15NO3. The number of cyclic esters (lactones) is 1. The molecule has 0 bridgehead atoms. The van der Waals surface area contributed by atoms with Crippen molar-refractivity contribution in [3.8, 4) is 5.75 Å². The van der Waals surface area contributed by atoms with Crippen LogP contribution < -0.4 is 4.74 Å². The summed E-state index contributed by atoms with van der Waals surface area (Å²) in [5.41, 5.74) is 1.84. The normalized spacial score (nSPS) is 15.3. The lowest BCUT2D eigenvalue weighted by molar-refractivity contribution is -0.129. The molecule has 0 fully saturated rings. The first-order valence-corrected chi connectivity index (χ1v) is 7.90. The second-order valence-corrected chi connectivity index (χ2v) is 5.60. The first-order valence-electron chi connectivity index (χ1n) is 7.90. The summed E-state index contributed by atoms with van der Waals surface area (Å²) in [6, 6.07) is 21.2. The highest BCUT2D eigenvalue weighted by molar-refractivity contribution is 6.17. The Balaban J connectivity index is 1.79. The average molecular weight is 329 g/mol.